The highest BCUT2D eigenvalue weighted by atomic mass is 79.9. The molecule has 0 spiro atoms. The molecule has 0 bridgehead atoms. The van der Waals surface area contributed by atoms with Gasteiger partial charge in [-0.3, -0.25) is 4.98 Å². The molecular weight excluding hydrogens is 253 g/mol. The van der Waals surface area contributed by atoms with Crippen molar-refractivity contribution in [3.8, 4) is 5.75 Å². The van der Waals surface area contributed by atoms with E-state index in [0.29, 0.717) is 5.88 Å². The highest BCUT2D eigenvalue weighted by Crippen LogP contribution is 2.25. The zero-order valence-electron chi connectivity index (χ0n) is 7.55. The van der Waals surface area contributed by atoms with Gasteiger partial charge in [0.05, 0.1) is 22.2 Å². The summed E-state index contributed by atoms with van der Waals surface area (Å²) in [5.41, 5.74) is 0.820. The van der Waals surface area contributed by atoms with Crippen molar-refractivity contribution in [2.45, 2.75) is 25.8 Å². The van der Waals surface area contributed by atoms with Crippen LogP contribution in [-0.2, 0) is 5.88 Å². The zero-order valence-corrected chi connectivity index (χ0v) is 9.89. The van der Waals surface area contributed by atoms with E-state index in [2.05, 4.69) is 20.9 Å². The SMILES string of the molecule is CC(C)Oc1cc(CCl)ncc1Br. The van der Waals surface area contributed by atoms with Gasteiger partial charge >= 0.3 is 0 Å². The molecule has 0 amide bonds. The Hall–Kier alpha value is -0.280. The number of rotatable bonds is 3. The minimum Gasteiger partial charge on any atom is -0.490 e. The third-order valence-corrected chi connectivity index (χ3v) is 2.25. The number of nitrogens with zero attached hydrogens (tertiary/aromatic N) is 1. The number of aromatic nitrogens is 1. The van der Waals surface area contributed by atoms with Crippen LogP contribution in [0.1, 0.15) is 19.5 Å². The van der Waals surface area contributed by atoms with Gasteiger partial charge in [0.2, 0.25) is 0 Å². The molecule has 72 valence electrons. The van der Waals surface area contributed by atoms with Crippen molar-refractivity contribution in [2.24, 2.45) is 0 Å². The molecule has 13 heavy (non-hydrogen) atoms. The van der Waals surface area contributed by atoms with Gasteiger partial charge in [0.15, 0.2) is 0 Å². The highest BCUT2D eigenvalue weighted by Gasteiger charge is 2.05. The molecule has 1 aromatic heterocycles. The Bertz CT molecular complexity index is 291. The van der Waals surface area contributed by atoms with E-state index >= 15 is 0 Å². The van der Waals surface area contributed by atoms with Crippen molar-refractivity contribution in [1.29, 1.82) is 0 Å². The first-order valence-electron chi connectivity index (χ1n) is 4.00. The number of pyridine rings is 1. The van der Waals surface area contributed by atoms with E-state index in [1.165, 1.54) is 0 Å². The fraction of sp³-hybridized carbons (Fsp3) is 0.444. The average Bonchev–Trinajstić information content (AvgIpc) is 2.08. The molecule has 0 unspecified atom stereocenters. The molecule has 1 rings (SSSR count). The van der Waals surface area contributed by atoms with E-state index in [4.69, 9.17) is 16.3 Å². The largest absolute Gasteiger partial charge is 0.490 e. The van der Waals surface area contributed by atoms with Gasteiger partial charge in [0.25, 0.3) is 0 Å². The molecule has 0 saturated carbocycles. The van der Waals surface area contributed by atoms with E-state index < -0.39 is 0 Å². The monoisotopic (exact) mass is 263 g/mol. The number of hydrogen-bond donors (Lipinski definition) is 0. The minimum atomic E-state index is 0.155. The van der Waals surface area contributed by atoms with E-state index in [0.717, 1.165) is 15.9 Å². The summed E-state index contributed by atoms with van der Waals surface area (Å²) in [4.78, 5) is 4.11. The van der Waals surface area contributed by atoms with Crippen LogP contribution < -0.4 is 4.74 Å². The second kappa shape index (κ2) is 4.82. The molecule has 2 nitrogen and oxygen atoms in total. The van der Waals surface area contributed by atoms with Crippen molar-refractivity contribution < 1.29 is 4.74 Å². The van der Waals surface area contributed by atoms with Gasteiger partial charge in [0.1, 0.15) is 5.75 Å². The van der Waals surface area contributed by atoms with Crippen LogP contribution in [0.25, 0.3) is 0 Å². The third kappa shape index (κ3) is 3.16. The Morgan fingerprint density at radius 1 is 1.62 bits per heavy atom. The number of hydrogen-bond acceptors (Lipinski definition) is 2. The van der Waals surface area contributed by atoms with Gasteiger partial charge in [-0.05, 0) is 29.8 Å². The van der Waals surface area contributed by atoms with Gasteiger partial charge in [-0.25, -0.2) is 0 Å². The highest BCUT2D eigenvalue weighted by molar-refractivity contribution is 9.10. The lowest BCUT2D eigenvalue weighted by Crippen LogP contribution is -2.06. The maximum atomic E-state index is 5.65. The molecule has 1 aromatic rings. The first-order chi connectivity index (χ1) is 6.13. The van der Waals surface area contributed by atoms with E-state index in [-0.39, 0.29) is 6.10 Å². The Morgan fingerprint density at radius 3 is 2.85 bits per heavy atom. The van der Waals surface area contributed by atoms with Crippen molar-refractivity contribution in [3.05, 3.63) is 22.4 Å². The first kappa shape index (κ1) is 10.8. The third-order valence-electron chi connectivity index (χ3n) is 1.38. The lowest BCUT2D eigenvalue weighted by Gasteiger charge is -2.11. The lowest BCUT2D eigenvalue weighted by molar-refractivity contribution is 0.240. The molecular formula is C9H11BrClNO. The molecule has 0 atom stereocenters. The van der Waals surface area contributed by atoms with Crippen molar-refractivity contribution in [2.75, 3.05) is 0 Å². The quantitative estimate of drug-likeness (QED) is 0.781. The molecule has 0 aliphatic carbocycles. The molecule has 1 heterocycles. The Balaban J connectivity index is 2.90. The predicted molar refractivity (Wildman–Crippen MR) is 57.3 cm³/mol. The van der Waals surface area contributed by atoms with Crippen LogP contribution in [-0.4, -0.2) is 11.1 Å². The zero-order chi connectivity index (χ0) is 9.84. The van der Waals surface area contributed by atoms with Crippen LogP contribution in [0.2, 0.25) is 0 Å². The summed E-state index contributed by atoms with van der Waals surface area (Å²) >= 11 is 9.01. The van der Waals surface area contributed by atoms with Crippen molar-refractivity contribution >= 4 is 27.5 Å². The fourth-order valence-electron chi connectivity index (χ4n) is 0.878. The van der Waals surface area contributed by atoms with Gasteiger partial charge in [-0.1, -0.05) is 0 Å². The van der Waals surface area contributed by atoms with Gasteiger partial charge in [0, 0.05) is 12.3 Å². The van der Waals surface area contributed by atoms with Gasteiger partial charge < -0.3 is 4.74 Å². The maximum absolute atomic E-state index is 5.65. The van der Waals surface area contributed by atoms with Crippen LogP contribution in [0, 0.1) is 0 Å². The summed E-state index contributed by atoms with van der Waals surface area (Å²) < 4.78 is 6.40. The summed E-state index contributed by atoms with van der Waals surface area (Å²) in [5.74, 6) is 1.20. The van der Waals surface area contributed by atoms with Crippen LogP contribution >= 0.6 is 27.5 Å². The predicted octanol–water partition coefficient (Wildman–Crippen LogP) is 3.37. The van der Waals surface area contributed by atoms with Crippen LogP contribution in [0.5, 0.6) is 5.75 Å². The first-order valence-corrected chi connectivity index (χ1v) is 5.33. The summed E-state index contributed by atoms with van der Waals surface area (Å²) in [7, 11) is 0. The van der Waals surface area contributed by atoms with Crippen LogP contribution in [0.4, 0.5) is 0 Å². The Kier molecular flexibility index (Phi) is 4.00. The molecule has 4 heteroatoms. The summed E-state index contributed by atoms with van der Waals surface area (Å²) in [5, 5.41) is 0. The maximum Gasteiger partial charge on any atom is 0.137 e. The fourth-order valence-corrected chi connectivity index (χ4v) is 1.33. The number of halogens is 2. The molecule has 0 radical (unpaired) electrons. The van der Waals surface area contributed by atoms with Crippen molar-refractivity contribution in [1.82, 2.24) is 4.98 Å². The number of alkyl halides is 1. The topological polar surface area (TPSA) is 22.1 Å². The molecule has 0 aromatic carbocycles. The lowest BCUT2D eigenvalue weighted by atomic mass is 10.3. The smallest absolute Gasteiger partial charge is 0.137 e. The molecule has 0 N–H and O–H groups in total. The van der Waals surface area contributed by atoms with Crippen LogP contribution in [0.3, 0.4) is 0 Å². The summed E-state index contributed by atoms with van der Waals surface area (Å²) in [6.45, 7) is 3.96. The van der Waals surface area contributed by atoms with E-state index in [1.54, 1.807) is 6.20 Å². The summed E-state index contributed by atoms with van der Waals surface area (Å²) in [6.07, 6.45) is 1.86. The van der Waals surface area contributed by atoms with Crippen molar-refractivity contribution in [3.63, 3.8) is 0 Å². The molecule has 0 saturated heterocycles. The normalized spacial score (nSPS) is 10.5. The van der Waals surface area contributed by atoms with Crippen LogP contribution in [0.15, 0.2) is 16.7 Å². The second-order valence-electron chi connectivity index (χ2n) is 2.91. The Labute approximate surface area is 91.4 Å². The van der Waals surface area contributed by atoms with E-state index in [9.17, 15) is 0 Å². The minimum absolute atomic E-state index is 0.155. The van der Waals surface area contributed by atoms with Gasteiger partial charge in [-0.2, -0.15) is 0 Å². The standard InChI is InChI=1S/C9H11BrClNO/c1-6(2)13-9-3-7(4-11)12-5-8(9)10/h3,5-6H,4H2,1-2H3. The molecule has 0 aliphatic rings. The average molecular weight is 265 g/mol. The van der Waals surface area contributed by atoms with Gasteiger partial charge in [-0.15, -0.1) is 11.6 Å². The molecule has 0 aliphatic heterocycles. The second-order valence-corrected chi connectivity index (χ2v) is 4.03. The number of ether oxygens (including phenoxy) is 1. The molecule has 0 fully saturated rings. The van der Waals surface area contributed by atoms with E-state index in [1.807, 2.05) is 19.9 Å². The summed E-state index contributed by atoms with van der Waals surface area (Å²) in [6, 6.07) is 1.84. The Morgan fingerprint density at radius 2 is 2.31 bits per heavy atom.